The molecule has 0 amide bonds. The second kappa shape index (κ2) is 35.8. The van der Waals surface area contributed by atoms with Gasteiger partial charge in [0.05, 0.1) is 0 Å². The molecule has 0 spiro atoms. The molecule has 0 fully saturated rings. The average molecular weight is 601 g/mol. The first-order valence-corrected chi connectivity index (χ1v) is 19.1. The van der Waals surface area contributed by atoms with Crippen LogP contribution in [0.4, 0.5) is 0 Å². The minimum atomic E-state index is -3.81. The predicted octanol–water partition coefficient (Wildman–Crippen LogP) is 5.32. The van der Waals surface area contributed by atoms with Gasteiger partial charge in [0.1, 0.15) is 0 Å². The Bertz CT molecular complexity index is 367. The van der Waals surface area contributed by atoms with Gasteiger partial charge in [0.2, 0.25) is 0 Å². The standard InChI is InChI=1S/3C6H14.3H3O3PS/c3*1-3-5-6-4-2;3*1-4(2,3)5/h3*3-6H2,1-2H3;3*(H3,1,2,3,5). The van der Waals surface area contributed by atoms with Crippen molar-refractivity contribution in [1.29, 1.82) is 0 Å². The molecule has 0 rings (SSSR count). The van der Waals surface area contributed by atoms with Crippen LogP contribution in [-0.2, 0) is 35.4 Å². The molecule has 0 aliphatic carbocycles. The maximum atomic E-state index is 7.56. The lowest BCUT2D eigenvalue weighted by Crippen LogP contribution is -1.66. The third-order valence-electron chi connectivity index (χ3n) is 2.87. The number of hydrogen-bond acceptors (Lipinski definition) is 3. The van der Waals surface area contributed by atoms with Crippen LogP contribution in [-0.4, -0.2) is 44.0 Å². The molecule has 9 N–H and O–H groups in total. The van der Waals surface area contributed by atoms with Gasteiger partial charge >= 0.3 is 20.2 Å². The van der Waals surface area contributed by atoms with E-state index >= 15 is 0 Å². The molecule has 15 heteroatoms. The molecule has 33 heavy (non-hydrogen) atoms. The molecule has 0 saturated heterocycles. The average Bonchev–Trinajstić information content (AvgIpc) is 2.60. The molecule has 0 unspecified atom stereocenters. The highest BCUT2D eigenvalue weighted by Crippen LogP contribution is 2.27. The van der Waals surface area contributed by atoms with E-state index in [1.807, 2.05) is 0 Å². The Balaban J connectivity index is -0.0000000664. The molecular formula is C18H51O9P3S3. The van der Waals surface area contributed by atoms with Crippen molar-refractivity contribution in [3.8, 4) is 0 Å². The summed E-state index contributed by atoms with van der Waals surface area (Å²) in [5, 5.41) is 0. The van der Waals surface area contributed by atoms with Crippen LogP contribution in [0.25, 0.3) is 0 Å². The first kappa shape index (κ1) is 47.7. The van der Waals surface area contributed by atoms with Gasteiger partial charge in [0.15, 0.2) is 0 Å². The van der Waals surface area contributed by atoms with Crippen molar-refractivity contribution in [2.24, 2.45) is 0 Å². The highest BCUT2D eigenvalue weighted by molar-refractivity contribution is 8.06. The molecule has 0 aromatic carbocycles. The minimum Gasteiger partial charge on any atom is -0.325 e. The lowest BCUT2D eigenvalue weighted by molar-refractivity contribution is 0.361. The largest absolute Gasteiger partial charge is 0.325 e. The zero-order chi connectivity index (χ0) is 28.0. The SMILES string of the molecule is CCCCCC.CCCCCC.CCCCCC.OP(O)(O)=S.OP(O)(O)=S.OP(O)(O)=S. The Kier molecular flexibility index (Phi) is 51.7. The Morgan fingerprint density at radius 1 is 0.333 bits per heavy atom. The molecule has 0 radical (unpaired) electrons. The van der Waals surface area contributed by atoms with Crippen molar-refractivity contribution < 1.29 is 44.0 Å². The highest BCUT2D eigenvalue weighted by Gasteiger charge is 1.93. The summed E-state index contributed by atoms with van der Waals surface area (Å²) in [4.78, 5) is 68.0. The highest BCUT2D eigenvalue weighted by atomic mass is 32.5. The molecule has 0 bridgehead atoms. The predicted molar refractivity (Wildman–Crippen MR) is 152 cm³/mol. The topological polar surface area (TPSA) is 182 Å². The van der Waals surface area contributed by atoms with E-state index in [0.717, 1.165) is 0 Å². The van der Waals surface area contributed by atoms with E-state index in [4.69, 9.17) is 44.0 Å². The van der Waals surface area contributed by atoms with Crippen molar-refractivity contribution in [2.75, 3.05) is 0 Å². The van der Waals surface area contributed by atoms with Gasteiger partial charge in [-0.05, 0) is 35.4 Å². The fraction of sp³-hybridized carbons (Fsp3) is 1.00. The van der Waals surface area contributed by atoms with Gasteiger partial charge in [-0.3, -0.25) is 0 Å². The third-order valence-corrected chi connectivity index (χ3v) is 2.87. The normalized spacial score (nSPS) is 10.3. The van der Waals surface area contributed by atoms with Crippen LogP contribution in [0.1, 0.15) is 119 Å². The number of unbranched alkanes of at least 4 members (excludes halogenated alkanes) is 9. The lowest BCUT2D eigenvalue weighted by atomic mass is 10.2. The van der Waals surface area contributed by atoms with Gasteiger partial charge in [-0.2, -0.15) is 0 Å². The van der Waals surface area contributed by atoms with E-state index in [0.29, 0.717) is 0 Å². The van der Waals surface area contributed by atoms with E-state index in [1.165, 1.54) is 77.0 Å². The molecule has 0 heterocycles. The Morgan fingerprint density at radius 3 is 0.424 bits per heavy atom. The van der Waals surface area contributed by atoms with Gasteiger partial charge in [-0.25, -0.2) is 0 Å². The van der Waals surface area contributed by atoms with Gasteiger partial charge in [-0.1, -0.05) is 119 Å². The summed E-state index contributed by atoms with van der Waals surface area (Å²) in [6.45, 7) is 1.97. The second-order valence-corrected chi connectivity index (χ2v) is 14.1. The summed E-state index contributed by atoms with van der Waals surface area (Å²) >= 11 is 10.8. The van der Waals surface area contributed by atoms with E-state index in [9.17, 15) is 0 Å². The molecule has 0 saturated carbocycles. The van der Waals surface area contributed by atoms with Gasteiger partial charge in [0.25, 0.3) is 0 Å². The zero-order valence-electron chi connectivity index (χ0n) is 21.1. The summed E-state index contributed by atoms with van der Waals surface area (Å²) in [7, 11) is 0. The second-order valence-electron chi connectivity index (χ2n) is 6.66. The lowest BCUT2D eigenvalue weighted by Gasteiger charge is -1.88. The van der Waals surface area contributed by atoms with Crippen molar-refractivity contribution >= 4 is 55.6 Å². The summed E-state index contributed by atoms with van der Waals surface area (Å²) < 4.78 is 0. The molecule has 0 aliphatic rings. The summed E-state index contributed by atoms with van der Waals surface area (Å²) in [6, 6.07) is 0. The zero-order valence-corrected chi connectivity index (χ0v) is 26.2. The summed E-state index contributed by atoms with van der Waals surface area (Å²) in [5.74, 6) is 0. The van der Waals surface area contributed by atoms with Crippen LogP contribution in [0.5, 0.6) is 0 Å². The third kappa shape index (κ3) is 299. The van der Waals surface area contributed by atoms with Crippen molar-refractivity contribution in [3.05, 3.63) is 0 Å². The Labute approximate surface area is 217 Å². The first-order valence-electron chi connectivity index (χ1n) is 11.1. The quantitative estimate of drug-likeness (QED) is 0.123. The van der Waals surface area contributed by atoms with E-state index in [2.05, 4.69) is 77.0 Å². The van der Waals surface area contributed by atoms with Crippen LogP contribution in [0.2, 0.25) is 0 Å². The molecule has 9 nitrogen and oxygen atoms in total. The molecule has 210 valence electrons. The van der Waals surface area contributed by atoms with Gasteiger partial charge < -0.3 is 44.0 Å². The molecule has 0 aromatic heterocycles. The van der Waals surface area contributed by atoms with Crippen molar-refractivity contribution in [2.45, 2.75) is 119 Å². The van der Waals surface area contributed by atoms with Crippen LogP contribution >= 0.6 is 20.2 Å². The Hall–Kier alpha value is 1.59. The van der Waals surface area contributed by atoms with Gasteiger partial charge in [0, 0.05) is 0 Å². The van der Waals surface area contributed by atoms with Crippen LogP contribution in [0.15, 0.2) is 0 Å². The van der Waals surface area contributed by atoms with Crippen molar-refractivity contribution in [3.63, 3.8) is 0 Å². The Morgan fingerprint density at radius 2 is 0.394 bits per heavy atom. The van der Waals surface area contributed by atoms with E-state index in [1.54, 1.807) is 0 Å². The summed E-state index contributed by atoms with van der Waals surface area (Å²) in [5.41, 5.74) is 0. The first-order chi connectivity index (χ1) is 14.7. The summed E-state index contributed by atoms with van der Waals surface area (Å²) in [6.07, 6.45) is 16.6. The molecule has 0 atom stereocenters. The maximum Gasteiger partial charge on any atom is 0.319 e. The van der Waals surface area contributed by atoms with Gasteiger partial charge in [-0.15, -0.1) is 0 Å². The van der Waals surface area contributed by atoms with E-state index < -0.39 is 20.2 Å². The van der Waals surface area contributed by atoms with Crippen molar-refractivity contribution in [1.82, 2.24) is 0 Å². The molecule has 0 aliphatic heterocycles. The number of hydrogen-bond donors (Lipinski definition) is 9. The molecule has 0 aromatic rings. The minimum absolute atomic E-state index is 1.36. The number of rotatable bonds is 9. The monoisotopic (exact) mass is 600 g/mol. The van der Waals surface area contributed by atoms with Crippen LogP contribution < -0.4 is 0 Å². The maximum absolute atomic E-state index is 7.56. The van der Waals surface area contributed by atoms with E-state index in [-0.39, 0.29) is 0 Å². The molecular weight excluding hydrogens is 549 g/mol. The fourth-order valence-electron chi connectivity index (χ4n) is 1.50. The van der Waals surface area contributed by atoms with Crippen LogP contribution in [0, 0.1) is 0 Å². The van der Waals surface area contributed by atoms with Crippen LogP contribution in [0.3, 0.4) is 0 Å². The fourth-order valence-corrected chi connectivity index (χ4v) is 1.50. The smallest absolute Gasteiger partial charge is 0.319 e.